The number of hydrogen-bond acceptors (Lipinski definition) is 8. The Morgan fingerprint density at radius 1 is 0.394 bits per heavy atom. The number of fused-ring (bicyclic) bond motifs is 4. The van der Waals surface area contributed by atoms with E-state index in [0.29, 0.717) is 32.3 Å². The van der Waals surface area contributed by atoms with Gasteiger partial charge in [0.2, 0.25) is 0 Å². The molecule has 0 saturated heterocycles. The van der Waals surface area contributed by atoms with Crippen LogP contribution in [0.15, 0.2) is 0 Å². The van der Waals surface area contributed by atoms with Crippen LogP contribution in [-0.4, -0.2) is 50.3 Å². The van der Waals surface area contributed by atoms with Gasteiger partial charge in [-0.1, -0.05) is 105 Å². The van der Waals surface area contributed by atoms with Crippen molar-refractivity contribution in [1.29, 1.82) is 0 Å². The molecule has 0 aromatic carbocycles. The third kappa shape index (κ3) is 19.7. The van der Waals surface area contributed by atoms with E-state index in [-0.39, 0.29) is 45.5 Å². The minimum absolute atomic E-state index is 0.0160. The molecule has 0 radical (unpaired) electrons. The number of carbonyl (C=O) groups excluding carboxylic acids is 4. The zero-order valence-corrected chi connectivity index (χ0v) is 45.1. The van der Waals surface area contributed by atoms with Crippen LogP contribution in [0.25, 0.3) is 0 Å². The number of rotatable bonds is 20. The molecule has 6 saturated carbocycles. The second-order valence-corrected chi connectivity index (χ2v) is 24.6. The molecule has 0 aliphatic heterocycles. The zero-order valence-electron chi connectivity index (χ0n) is 45.1. The Bertz CT molecular complexity index is 1420. The van der Waals surface area contributed by atoms with E-state index >= 15 is 0 Å². The van der Waals surface area contributed by atoms with Gasteiger partial charge in [0.25, 0.3) is 0 Å². The lowest BCUT2D eigenvalue weighted by atomic mass is 9.86. The lowest BCUT2D eigenvalue weighted by Crippen LogP contribution is -2.28. The molecular weight excluding hydrogens is 825 g/mol. The van der Waals surface area contributed by atoms with Crippen molar-refractivity contribution in [3.8, 4) is 0 Å². The van der Waals surface area contributed by atoms with Crippen LogP contribution in [0.5, 0.6) is 0 Å². The van der Waals surface area contributed by atoms with Gasteiger partial charge in [-0.15, -0.1) is 0 Å². The van der Waals surface area contributed by atoms with Crippen molar-refractivity contribution in [2.75, 3.05) is 26.4 Å². The average Bonchev–Trinajstić information content (AvgIpc) is 4.15. The average molecular weight is 929 g/mol. The Morgan fingerprint density at radius 3 is 1.14 bits per heavy atom. The van der Waals surface area contributed by atoms with Crippen molar-refractivity contribution in [2.45, 2.75) is 250 Å². The minimum atomic E-state index is -0.315. The van der Waals surface area contributed by atoms with Gasteiger partial charge in [0.1, 0.15) is 0 Å². The highest BCUT2D eigenvalue weighted by atomic mass is 16.5. The fraction of sp³-hybridized carbons (Fsp3) is 0.931. The summed E-state index contributed by atoms with van der Waals surface area (Å²) in [7, 11) is 0. The molecule has 6 aliphatic rings. The van der Waals surface area contributed by atoms with E-state index in [0.717, 1.165) is 86.4 Å². The molecule has 66 heavy (non-hydrogen) atoms. The Morgan fingerprint density at radius 2 is 0.758 bits per heavy atom. The maximum atomic E-state index is 11.8. The quantitative estimate of drug-likeness (QED) is 0.0675. The summed E-state index contributed by atoms with van der Waals surface area (Å²) in [6.07, 6.45) is 32.7. The predicted octanol–water partition coefficient (Wildman–Crippen LogP) is 15.5. The molecule has 6 rings (SSSR count). The highest BCUT2D eigenvalue weighted by Gasteiger charge is 2.41. The van der Waals surface area contributed by atoms with Crippen LogP contribution in [-0.2, 0) is 38.1 Å². The summed E-state index contributed by atoms with van der Waals surface area (Å²) < 4.78 is 21.6. The summed E-state index contributed by atoms with van der Waals surface area (Å²) in [5.74, 6) is 6.80. The molecule has 8 nitrogen and oxygen atoms in total. The Hall–Kier alpha value is -2.12. The van der Waals surface area contributed by atoms with Gasteiger partial charge in [0.15, 0.2) is 0 Å². The first-order chi connectivity index (χ1) is 31.2. The highest BCUT2D eigenvalue weighted by Crippen LogP contribution is 2.50. The summed E-state index contributed by atoms with van der Waals surface area (Å²) in [5, 5.41) is 0. The maximum absolute atomic E-state index is 11.8. The van der Waals surface area contributed by atoms with Gasteiger partial charge in [0.05, 0.1) is 48.1 Å². The predicted molar refractivity (Wildman–Crippen MR) is 270 cm³/mol. The SMILES string of the molecule is CCC(C)(C)C(=O)OCC1CC2CCC1C2.CCC(C)(C)C(=O)OCCC1CC2CCC1C2.CCC(C)(C)C(=O)OCCC1CCCCC1.CCC(C)(C)C(=O)OCCCC1CCCCC1. The molecule has 0 spiro atoms. The molecule has 6 atom stereocenters. The molecule has 6 unspecified atom stereocenters. The second-order valence-electron chi connectivity index (χ2n) is 24.6. The Kier molecular flexibility index (Phi) is 25.1. The standard InChI is InChI=1S/C15H26O2.C15H28O2.C14H24O2.C14H26O2/c1-4-15(2,3)14(16)17-8-7-13-10-11-5-6-12(13)9-11;1-4-15(2,3)14(16)17-12-8-11-13-9-6-5-7-10-13;1-4-14(2,3)13(15)16-9-12-8-10-5-6-11(12)7-10;1-4-14(2,3)13(15)16-11-10-12-8-6-5-7-9-12/h11-13H,4-10H2,1-3H3;13H,4-12H2,1-3H3;10-12H,4-9H2,1-3H3;12H,4-11H2,1-3H3. The van der Waals surface area contributed by atoms with Crippen molar-refractivity contribution < 1.29 is 38.1 Å². The van der Waals surface area contributed by atoms with Crippen molar-refractivity contribution >= 4 is 23.9 Å². The number of hydrogen-bond donors (Lipinski definition) is 0. The molecule has 6 fully saturated rings. The molecule has 0 aromatic rings. The van der Waals surface area contributed by atoms with Crippen molar-refractivity contribution in [1.82, 2.24) is 0 Å². The molecule has 0 aromatic heterocycles. The molecule has 8 heteroatoms. The molecule has 0 heterocycles. The molecule has 384 valence electrons. The van der Waals surface area contributed by atoms with Crippen LogP contribution in [0.4, 0.5) is 0 Å². The Balaban J connectivity index is 0.000000234. The second kappa shape index (κ2) is 28.5. The normalized spacial score (nSPS) is 25.3. The fourth-order valence-corrected chi connectivity index (χ4v) is 11.0. The lowest BCUT2D eigenvalue weighted by molar-refractivity contribution is -0.156. The van der Waals surface area contributed by atoms with Crippen LogP contribution in [0.2, 0.25) is 0 Å². The van der Waals surface area contributed by atoms with Gasteiger partial charge < -0.3 is 18.9 Å². The summed E-state index contributed by atoms with van der Waals surface area (Å²) in [6, 6.07) is 0. The molecular formula is C58H104O8. The van der Waals surface area contributed by atoms with Gasteiger partial charge in [-0.05, 0) is 193 Å². The van der Waals surface area contributed by atoms with E-state index in [9.17, 15) is 19.2 Å². The van der Waals surface area contributed by atoms with E-state index in [1.54, 1.807) is 0 Å². The van der Waals surface area contributed by atoms with Crippen LogP contribution in [0, 0.1) is 69.0 Å². The summed E-state index contributed by atoms with van der Waals surface area (Å²) in [5.41, 5.74) is -1.25. The molecule has 0 N–H and O–H groups in total. The van der Waals surface area contributed by atoms with Gasteiger partial charge in [-0.2, -0.15) is 0 Å². The number of carbonyl (C=O) groups is 4. The fourth-order valence-electron chi connectivity index (χ4n) is 11.0. The largest absolute Gasteiger partial charge is 0.465 e. The number of esters is 4. The first kappa shape index (κ1) is 58.2. The first-order valence-corrected chi connectivity index (χ1v) is 27.9. The first-order valence-electron chi connectivity index (χ1n) is 27.9. The number of ether oxygens (including phenoxy) is 4. The van der Waals surface area contributed by atoms with Gasteiger partial charge >= 0.3 is 23.9 Å². The molecule has 0 amide bonds. The van der Waals surface area contributed by atoms with E-state index in [1.165, 1.54) is 122 Å². The Labute approximate surface area is 406 Å². The highest BCUT2D eigenvalue weighted by molar-refractivity contribution is 5.77. The monoisotopic (exact) mass is 929 g/mol. The summed E-state index contributed by atoms with van der Waals surface area (Å²) in [6.45, 7) is 26.4. The topological polar surface area (TPSA) is 105 Å². The zero-order chi connectivity index (χ0) is 49.0. The minimum Gasteiger partial charge on any atom is -0.465 e. The van der Waals surface area contributed by atoms with Gasteiger partial charge in [-0.25, -0.2) is 0 Å². The van der Waals surface area contributed by atoms with Crippen LogP contribution >= 0.6 is 0 Å². The van der Waals surface area contributed by atoms with E-state index in [4.69, 9.17) is 18.9 Å². The van der Waals surface area contributed by atoms with Crippen LogP contribution in [0.3, 0.4) is 0 Å². The van der Waals surface area contributed by atoms with E-state index < -0.39 is 0 Å². The van der Waals surface area contributed by atoms with E-state index in [2.05, 4.69) is 0 Å². The third-order valence-corrected chi connectivity index (χ3v) is 17.9. The van der Waals surface area contributed by atoms with Crippen LogP contribution < -0.4 is 0 Å². The third-order valence-electron chi connectivity index (χ3n) is 17.9. The van der Waals surface area contributed by atoms with Crippen molar-refractivity contribution in [3.63, 3.8) is 0 Å². The van der Waals surface area contributed by atoms with Gasteiger partial charge in [0, 0.05) is 0 Å². The smallest absolute Gasteiger partial charge is 0.311 e. The summed E-state index contributed by atoms with van der Waals surface area (Å²) >= 11 is 0. The molecule has 4 bridgehead atoms. The molecule has 6 aliphatic carbocycles. The maximum Gasteiger partial charge on any atom is 0.311 e. The lowest BCUT2D eigenvalue weighted by Gasteiger charge is -2.25. The van der Waals surface area contributed by atoms with Gasteiger partial charge in [-0.3, -0.25) is 19.2 Å². The van der Waals surface area contributed by atoms with Crippen molar-refractivity contribution in [3.05, 3.63) is 0 Å². The van der Waals surface area contributed by atoms with E-state index in [1.807, 2.05) is 83.1 Å². The van der Waals surface area contributed by atoms with Crippen LogP contribution in [0.1, 0.15) is 250 Å². The summed E-state index contributed by atoms with van der Waals surface area (Å²) in [4.78, 5) is 47.1. The van der Waals surface area contributed by atoms with Crippen molar-refractivity contribution in [2.24, 2.45) is 69.0 Å².